The van der Waals surface area contributed by atoms with E-state index in [1.54, 1.807) is 6.33 Å². The SMILES string of the molecule is c1ccc(-c2ccc(-c3ccc4oc5c(-c6cc(-c7ccccc7)c7sc8ccccc8c7c6)ncnc5c4c3)cc2)cc1. The summed E-state index contributed by atoms with van der Waals surface area (Å²) in [6, 6.07) is 49.2. The molecule has 206 valence electrons. The Kier molecular flexibility index (Phi) is 5.68. The summed E-state index contributed by atoms with van der Waals surface area (Å²) in [6.07, 6.45) is 1.66. The van der Waals surface area contributed by atoms with Gasteiger partial charge in [0.15, 0.2) is 5.58 Å². The van der Waals surface area contributed by atoms with Gasteiger partial charge in [0, 0.05) is 36.7 Å². The number of hydrogen-bond acceptors (Lipinski definition) is 4. The van der Waals surface area contributed by atoms with E-state index in [2.05, 4.69) is 127 Å². The molecule has 0 atom stereocenters. The van der Waals surface area contributed by atoms with E-state index < -0.39 is 0 Å². The summed E-state index contributed by atoms with van der Waals surface area (Å²) >= 11 is 1.84. The molecule has 0 bridgehead atoms. The lowest BCUT2D eigenvalue weighted by Gasteiger charge is -2.08. The van der Waals surface area contributed by atoms with E-state index in [1.165, 1.54) is 42.4 Å². The number of nitrogens with zero attached hydrogens (tertiary/aromatic N) is 2. The van der Waals surface area contributed by atoms with Crippen molar-refractivity contribution in [1.82, 2.24) is 9.97 Å². The van der Waals surface area contributed by atoms with Crippen LogP contribution < -0.4 is 0 Å². The molecule has 0 unspecified atom stereocenters. The van der Waals surface area contributed by atoms with Crippen molar-refractivity contribution in [2.75, 3.05) is 0 Å². The number of furan rings is 1. The van der Waals surface area contributed by atoms with E-state index in [-0.39, 0.29) is 0 Å². The molecule has 3 heterocycles. The standard InChI is InChI=1S/C40H24N2OS/c1-3-9-25(10-4-1)26-15-17-27(18-16-26)29-19-20-35-34(21-29)38-39(43-35)37(41-24-42-38)30-22-32(28-11-5-2-6-12-28)40-33(23-30)31-13-7-8-14-36(31)44-40/h1-24H. The van der Waals surface area contributed by atoms with Gasteiger partial charge < -0.3 is 4.42 Å². The Labute approximate surface area is 257 Å². The van der Waals surface area contributed by atoms with Crippen molar-refractivity contribution in [3.05, 3.63) is 146 Å². The van der Waals surface area contributed by atoms with Gasteiger partial charge in [0.1, 0.15) is 23.1 Å². The maximum Gasteiger partial charge on any atom is 0.180 e. The topological polar surface area (TPSA) is 38.9 Å². The Morgan fingerprint density at radius 2 is 1.11 bits per heavy atom. The van der Waals surface area contributed by atoms with Crippen molar-refractivity contribution in [3.63, 3.8) is 0 Å². The molecule has 4 heteroatoms. The third kappa shape index (κ3) is 4.03. The Balaban J connectivity index is 1.20. The number of aromatic nitrogens is 2. The monoisotopic (exact) mass is 580 g/mol. The first-order chi connectivity index (χ1) is 21.8. The Morgan fingerprint density at radius 1 is 0.477 bits per heavy atom. The van der Waals surface area contributed by atoms with Gasteiger partial charge in [0.05, 0.1) is 0 Å². The summed E-state index contributed by atoms with van der Waals surface area (Å²) in [5.74, 6) is 0. The molecule has 3 nitrogen and oxygen atoms in total. The second kappa shape index (κ2) is 10.0. The van der Waals surface area contributed by atoms with Crippen LogP contribution in [0, 0.1) is 0 Å². The molecule has 0 amide bonds. The van der Waals surface area contributed by atoms with Crippen LogP contribution in [0.1, 0.15) is 0 Å². The zero-order chi connectivity index (χ0) is 29.0. The fraction of sp³-hybridized carbons (Fsp3) is 0. The van der Waals surface area contributed by atoms with Gasteiger partial charge >= 0.3 is 0 Å². The maximum absolute atomic E-state index is 6.51. The van der Waals surface area contributed by atoms with Crippen molar-refractivity contribution in [1.29, 1.82) is 0 Å². The van der Waals surface area contributed by atoms with E-state index in [0.29, 0.717) is 5.58 Å². The van der Waals surface area contributed by atoms with Crippen LogP contribution in [0.15, 0.2) is 150 Å². The first-order valence-corrected chi connectivity index (χ1v) is 15.5. The number of benzene rings is 6. The van der Waals surface area contributed by atoms with Crippen LogP contribution in [0.5, 0.6) is 0 Å². The molecule has 0 fully saturated rings. The van der Waals surface area contributed by atoms with Crippen LogP contribution in [0.25, 0.3) is 86.9 Å². The third-order valence-electron chi connectivity index (χ3n) is 8.41. The second-order valence-electron chi connectivity index (χ2n) is 11.0. The highest BCUT2D eigenvalue weighted by Gasteiger charge is 2.19. The van der Waals surface area contributed by atoms with E-state index >= 15 is 0 Å². The lowest BCUT2D eigenvalue weighted by molar-refractivity contribution is 0.667. The quantitative estimate of drug-likeness (QED) is 0.208. The number of hydrogen-bond donors (Lipinski definition) is 0. The average molecular weight is 581 g/mol. The largest absolute Gasteiger partial charge is 0.452 e. The fourth-order valence-electron chi connectivity index (χ4n) is 6.24. The minimum absolute atomic E-state index is 0.706. The Morgan fingerprint density at radius 3 is 1.91 bits per heavy atom. The van der Waals surface area contributed by atoms with Crippen LogP contribution in [-0.4, -0.2) is 9.97 Å². The molecule has 0 saturated carbocycles. The molecule has 9 rings (SSSR count). The molecular formula is C40H24N2OS. The number of rotatable bonds is 4. The van der Waals surface area contributed by atoms with Gasteiger partial charge in [0.2, 0.25) is 0 Å². The highest BCUT2D eigenvalue weighted by Crippen LogP contribution is 2.44. The van der Waals surface area contributed by atoms with Crippen molar-refractivity contribution in [3.8, 4) is 44.6 Å². The summed E-state index contributed by atoms with van der Waals surface area (Å²) in [4.78, 5) is 9.52. The summed E-state index contributed by atoms with van der Waals surface area (Å²) < 4.78 is 9.06. The van der Waals surface area contributed by atoms with Crippen LogP contribution in [0.3, 0.4) is 0 Å². The van der Waals surface area contributed by atoms with Crippen molar-refractivity contribution >= 4 is 53.6 Å². The van der Waals surface area contributed by atoms with Gasteiger partial charge in [-0.15, -0.1) is 11.3 Å². The first kappa shape index (κ1) is 25.0. The highest BCUT2D eigenvalue weighted by molar-refractivity contribution is 7.26. The molecule has 0 spiro atoms. The molecule has 44 heavy (non-hydrogen) atoms. The minimum atomic E-state index is 0.706. The van der Waals surface area contributed by atoms with Gasteiger partial charge in [0.25, 0.3) is 0 Å². The maximum atomic E-state index is 6.51. The average Bonchev–Trinajstić information content (AvgIpc) is 3.67. The summed E-state index contributed by atoms with van der Waals surface area (Å²) in [7, 11) is 0. The van der Waals surface area contributed by atoms with E-state index in [0.717, 1.165) is 38.9 Å². The van der Waals surface area contributed by atoms with Crippen molar-refractivity contribution in [2.45, 2.75) is 0 Å². The van der Waals surface area contributed by atoms with E-state index in [4.69, 9.17) is 14.4 Å². The van der Waals surface area contributed by atoms with E-state index in [1.807, 2.05) is 23.5 Å². The van der Waals surface area contributed by atoms with Crippen LogP contribution in [0.4, 0.5) is 0 Å². The highest BCUT2D eigenvalue weighted by atomic mass is 32.1. The third-order valence-corrected chi connectivity index (χ3v) is 9.63. The van der Waals surface area contributed by atoms with E-state index in [9.17, 15) is 0 Å². The molecule has 0 aliphatic rings. The molecular weight excluding hydrogens is 557 g/mol. The summed E-state index contributed by atoms with van der Waals surface area (Å²) in [5, 5.41) is 3.47. The van der Waals surface area contributed by atoms with Crippen molar-refractivity contribution < 1.29 is 4.42 Å². The Hall–Kier alpha value is -5.58. The van der Waals surface area contributed by atoms with Gasteiger partial charge in [-0.1, -0.05) is 109 Å². The van der Waals surface area contributed by atoms with Gasteiger partial charge in [-0.2, -0.15) is 0 Å². The van der Waals surface area contributed by atoms with Crippen LogP contribution in [0.2, 0.25) is 0 Å². The van der Waals surface area contributed by atoms with Crippen molar-refractivity contribution in [2.24, 2.45) is 0 Å². The molecule has 0 N–H and O–H groups in total. The van der Waals surface area contributed by atoms with Crippen LogP contribution in [-0.2, 0) is 0 Å². The molecule has 0 aliphatic heterocycles. The second-order valence-corrected chi connectivity index (χ2v) is 12.1. The van der Waals surface area contributed by atoms with Crippen LogP contribution >= 0.6 is 11.3 Å². The summed E-state index contributed by atoms with van der Waals surface area (Å²) in [6.45, 7) is 0. The minimum Gasteiger partial charge on any atom is -0.452 e. The predicted octanol–water partition coefficient (Wildman–Crippen LogP) is 11.4. The number of fused-ring (bicyclic) bond motifs is 6. The molecule has 6 aromatic carbocycles. The Bertz CT molecular complexity index is 2480. The zero-order valence-electron chi connectivity index (χ0n) is 23.6. The van der Waals surface area contributed by atoms with Gasteiger partial charge in [-0.3, -0.25) is 0 Å². The molecule has 0 saturated heterocycles. The van der Waals surface area contributed by atoms with Gasteiger partial charge in [-0.25, -0.2) is 9.97 Å². The molecule has 9 aromatic rings. The molecule has 0 radical (unpaired) electrons. The fourth-order valence-corrected chi connectivity index (χ4v) is 7.46. The first-order valence-electron chi connectivity index (χ1n) is 14.6. The number of thiophene rings is 1. The summed E-state index contributed by atoms with van der Waals surface area (Å²) in [5.41, 5.74) is 11.2. The lowest BCUT2D eigenvalue weighted by atomic mass is 9.97. The molecule has 0 aliphatic carbocycles. The smallest absolute Gasteiger partial charge is 0.180 e. The predicted molar refractivity (Wildman–Crippen MR) is 184 cm³/mol. The molecule has 3 aromatic heterocycles. The van der Waals surface area contributed by atoms with Gasteiger partial charge in [-0.05, 0) is 58.1 Å². The lowest BCUT2D eigenvalue weighted by Crippen LogP contribution is -1.88. The normalized spacial score (nSPS) is 11.6. The zero-order valence-corrected chi connectivity index (χ0v) is 24.4.